The van der Waals surface area contributed by atoms with E-state index in [-0.39, 0.29) is 17.2 Å². The molecule has 3 atom stereocenters. The van der Waals surface area contributed by atoms with Crippen LogP contribution < -0.4 is 5.32 Å². The number of hydrogen-bond donors (Lipinski definition) is 1. The summed E-state index contributed by atoms with van der Waals surface area (Å²) in [6.45, 7) is 6.52. The summed E-state index contributed by atoms with van der Waals surface area (Å²) in [6.07, 6.45) is 5.39. The number of aryl methyl sites for hydroxylation is 1. The van der Waals surface area contributed by atoms with Crippen LogP contribution >= 0.6 is 0 Å². The Hall–Kier alpha value is -2.37. The summed E-state index contributed by atoms with van der Waals surface area (Å²) < 4.78 is 1.65. The van der Waals surface area contributed by atoms with Crippen molar-refractivity contribution < 1.29 is 9.59 Å². The van der Waals surface area contributed by atoms with Crippen molar-refractivity contribution >= 4 is 22.7 Å². The number of aromatic nitrogens is 2. The molecule has 1 saturated carbocycles. The van der Waals surface area contributed by atoms with E-state index in [2.05, 4.69) is 29.2 Å². The molecular weight excluding hydrogens is 364 g/mol. The van der Waals surface area contributed by atoms with Crippen molar-refractivity contribution in [2.45, 2.75) is 46.0 Å². The minimum atomic E-state index is -0.101. The highest BCUT2D eigenvalue weighted by atomic mass is 16.2. The largest absolute Gasteiger partial charge is 0.350 e. The average molecular weight is 397 g/mol. The molecule has 2 amide bonds. The third-order valence-corrected chi connectivity index (χ3v) is 6.62. The van der Waals surface area contributed by atoms with E-state index >= 15 is 0 Å². The van der Waals surface area contributed by atoms with E-state index in [0.717, 1.165) is 56.1 Å². The highest BCUT2D eigenvalue weighted by molar-refractivity contribution is 6.05. The number of nitrogens with one attached hydrogen (secondary N) is 1. The van der Waals surface area contributed by atoms with Crippen molar-refractivity contribution in [2.24, 2.45) is 24.3 Å². The van der Waals surface area contributed by atoms with Crippen LogP contribution in [0.25, 0.3) is 10.9 Å². The van der Waals surface area contributed by atoms with Gasteiger partial charge in [-0.1, -0.05) is 38.5 Å². The maximum absolute atomic E-state index is 12.9. The van der Waals surface area contributed by atoms with Crippen LogP contribution in [-0.4, -0.2) is 46.1 Å². The molecule has 1 N–H and O–H groups in total. The normalized spacial score (nSPS) is 26.5. The second-order valence-electron chi connectivity index (χ2n) is 9.24. The fourth-order valence-corrected chi connectivity index (χ4v) is 4.92. The van der Waals surface area contributed by atoms with Gasteiger partial charge in [0, 0.05) is 43.4 Å². The van der Waals surface area contributed by atoms with Gasteiger partial charge in [0.25, 0.3) is 5.91 Å². The zero-order chi connectivity index (χ0) is 20.6. The van der Waals surface area contributed by atoms with Gasteiger partial charge in [-0.25, -0.2) is 0 Å². The van der Waals surface area contributed by atoms with Gasteiger partial charge in [-0.05, 0) is 37.7 Å². The Balaban J connectivity index is 1.39. The molecule has 1 saturated heterocycles. The average Bonchev–Trinajstić information content (AvgIpc) is 3.38. The predicted octanol–water partition coefficient (Wildman–Crippen LogP) is 3.37. The van der Waals surface area contributed by atoms with Gasteiger partial charge in [0.1, 0.15) is 5.69 Å². The lowest BCUT2D eigenvalue weighted by Gasteiger charge is -2.40. The van der Waals surface area contributed by atoms with Crippen LogP contribution in [0.2, 0.25) is 0 Å². The molecule has 1 aromatic heterocycles. The van der Waals surface area contributed by atoms with E-state index < -0.39 is 0 Å². The molecule has 1 aromatic carbocycles. The number of hydrogen-bond acceptors (Lipinski definition) is 3. The van der Waals surface area contributed by atoms with Gasteiger partial charge in [0.05, 0.1) is 5.52 Å². The molecule has 2 fully saturated rings. The van der Waals surface area contributed by atoms with Crippen LogP contribution in [0, 0.1) is 17.3 Å². The Bertz CT molecular complexity index is 921. The minimum absolute atomic E-state index is 0.0902. The Labute approximate surface area is 172 Å². The van der Waals surface area contributed by atoms with Gasteiger partial charge in [0.2, 0.25) is 5.91 Å². The first-order chi connectivity index (χ1) is 13.9. The van der Waals surface area contributed by atoms with E-state index in [9.17, 15) is 9.59 Å². The van der Waals surface area contributed by atoms with Crippen LogP contribution in [0.5, 0.6) is 0 Å². The molecular formula is C23H32N4O2. The molecule has 2 aromatic rings. The monoisotopic (exact) mass is 396 g/mol. The maximum atomic E-state index is 12.9. The number of likely N-dealkylation sites (tertiary alicyclic amines) is 1. The number of rotatable bonds is 6. The Morgan fingerprint density at radius 2 is 2.10 bits per heavy atom. The summed E-state index contributed by atoms with van der Waals surface area (Å²) in [7, 11) is 1.81. The number of nitrogens with zero attached hydrogens (tertiary/aromatic N) is 3. The van der Waals surface area contributed by atoms with Crippen molar-refractivity contribution in [3.8, 4) is 0 Å². The molecule has 29 heavy (non-hydrogen) atoms. The van der Waals surface area contributed by atoms with Crippen LogP contribution in [0.1, 0.15) is 56.4 Å². The van der Waals surface area contributed by atoms with Gasteiger partial charge in [-0.15, -0.1) is 0 Å². The number of piperidine rings is 1. The summed E-state index contributed by atoms with van der Waals surface area (Å²) in [5.74, 6) is 1.07. The fourth-order valence-electron chi connectivity index (χ4n) is 4.92. The van der Waals surface area contributed by atoms with Crippen molar-refractivity contribution in [3.63, 3.8) is 0 Å². The Morgan fingerprint density at radius 3 is 2.90 bits per heavy atom. The van der Waals surface area contributed by atoms with E-state index in [0.29, 0.717) is 24.1 Å². The van der Waals surface area contributed by atoms with Crippen molar-refractivity contribution in [1.29, 1.82) is 0 Å². The molecule has 2 aliphatic rings. The summed E-state index contributed by atoms with van der Waals surface area (Å²) in [5.41, 5.74) is 1.33. The summed E-state index contributed by atoms with van der Waals surface area (Å²) in [6, 6.07) is 7.71. The lowest BCUT2D eigenvalue weighted by Crippen LogP contribution is -2.50. The molecule has 6 nitrogen and oxygen atoms in total. The lowest BCUT2D eigenvalue weighted by atomic mass is 9.81. The van der Waals surface area contributed by atoms with Crippen LogP contribution in [0.15, 0.2) is 24.3 Å². The topological polar surface area (TPSA) is 67.2 Å². The molecule has 156 valence electrons. The number of carbonyl (C=O) groups is 2. The third-order valence-electron chi connectivity index (χ3n) is 6.62. The molecule has 4 rings (SSSR count). The molecule has 1 unspecified atom stereocenters. The van der Waals surface area contributed by atoms with Crippen molar-refractivity contribution in [2.75, 3.05) is 19.6 Å². The quantitative estimate of drug-likeness (QED) is 0.814. The fraction of sp³-hybridized carbons (Fsp3) is 0.609. The summed E-state index contributed by atoms with van der Waals surface area (Å²) >= 11 is 0. The van der Waals surface area contributed by atoms with E-state index in [4.69, 9.17) is 0 Å². The molecule has 2 heterocycles. The first-order valence-electron chi connectivity index (χ1n) is 10.9. The maximum Gasteiger partial charge on any atom is 0.270 e. The van der Waals surface area contributed by atoms with Crippen LogP contribution in [0.4, 0.5) is 0 Å². The number of carbonyl (C=O) groups excluding carboxylic acids is 2. The van der Waals surface area contributed by atoms with Gasteiger partial charge < -0.3 is 10.2 Å². The first-order valence-corrected chi connectivity index (χ1v) is 10.9. The molecule has 0 spiro atoms. The third kappa shape index (κ3) is 4.02. The zero-order valence-electron chi connectivity index (χ0n) is 17.8. The van der Waals surface area contributed by atoms with Gasteiger partial charge in [0.15, 0.2) is 0 Å². The minimum Gasteiger partial charge on any atom is -0.350 e. The summed E-state index contributed by atoms with van der Waals surface area (Å²) in [4.78, 5) is 27.8. The molecule has 0 bridgehead atoms. The highest BCUT2D eigenvalue weighted by Gasteiger charge is 2.45. The Kier molecular flexibility index (Phi) is 5.36. The zero-order valence-corrected chi connectivity index (χ0v) is 17.8. The molecule has 1 aliphatic carbocycles. The van der Waals surface area contributed by atoms with Crippen molar-refractivity contribution in [1.82, 2.24) is 20.0 Å². The number of fused-ring (bicyclic) bond motifs is 1. The SMILES string of the molecule is CCC[C@@H]1C[C@H]1C(=O)N1CCCC(C)(CNC(=O)c2c3ccccc3nn2C)C1. The molecule has 1 aliphatic heterocycles. The van der Waals surface area contributed by atoms with E-state index in [1.54, 1.807) is 11.7 Å². The summed E-state index contributed by atoms with van der Waals surface area (Å²) in [5, 5.41) is 8.43. The van der Waals surface area contributed by atoms with E-state index in [1.807, 2.05) is 24.3 Å². The molecule has 0 radical (unpaired) electrons. The van der Waals surface area contributed by atoms with Gasteiger partial charge in [-0.2, -0.15) is 5.10 Å². The van der Waals surface area contributed by atoms with Gasteiger partial charge >= 0.3 is 0 Å². The second-order valence-corrected chi connectivity index (χ2v) is 9.24. The van der Waals surface area contributed by atoms with Crippen molar-refractivity contribution in [3.05, 3.63) is 30.0 Å². The lowest BCUT2D eigenvalue weighted by molar-refractivity contribution is -0.136. The van der Waals surface area contributed by atoms with Crippen LogP contribution in [-0.2, 0) is 11.8 Å². The first kappa shape index (κ1) is 19.9. The standard InChI is InChI=1S/C23H32N4O2/c1-4-8-16-13-18(16)22(29)27-12-7-11-23(2,15-27)14-24-21(28)20-17-9-5-6-10-19(17)25-26(20)3/h5-6,9-10,16,18H,4,7-8,11-15H2,1-3H3,(H,24,28)/t16-,18-,23?/m1/s1. The Morgan fingerprint density at radius 1 is 1.31 bits per heavy atom. The highest BCUT2D eigenvalue weighted by Crippen LogP contribution is 2.44. The number of amides is 2. The number of benzene rings is 1. The van der Waals surface area contributed by atoms with E-state index in [1.165, 1.54) is 0 Å². The molecule has 6 heteroatoms. The van der Waals surface area contributed by atoms with Crippen LogP contribution in [0.3, 0.4) is 0 Å². The van der Waals surface area contributed by atoms with Gasteiger partial charge in [-0.3, -0.25) is 14.3 Å². The second kappa shape index (κ2) is 7.81. The smallest absolute Gasteiger partial charge is 0.270 e. The predicted molar refractivity (Wildman–Crippen MR) is 113 cm³/mol.